The number of hydrogen-bond acceptors (Lipinski definition) is 5. The van der Waals surface area contributed by atoms with Gasteiger partial charge in [-0.25, -0.2) is 4.98 Å². The largest absolute Gasteiger partial charge is 0.383 e. The molecule has 0 radical (unpaired) electrons. The normalized spacial score (nSPS) is 16.5. The number of ether oxygens (including phenoxy) is 2. The summed E-state index contributed by atoms with van der Waals surface area (Å²) in [5.74, 6) is 0.585. The van der Waals surface area contributed by atoms with Crippen LogP contribution in [0, 0.1) is 0 Å². The molecule has 0 bridgehead atoms. The quantitative estimate of drug-likeness (QED) is 0.562. The van der Waals surface area contributed by atoms with Crippen LogP contribution in [0.15, 0.2) is 67.0 Å². The lowest BCUT2D eigenvalue weighted by atomic mass is 10.1. The molecule has 0 aliphatic carbocycles. The molecule has 5 rings (SSSR count). The van der Waals surface area contributed by atoms with Gasteiger partial charge in [0.05, 0.1) is 25.0 Å². The van der Waals surface area contributed by atoms with E-state index in [1.54, 1.807) is 6.20 Å². The summed E-state index contributed by atoms with van der Waals surface area (Å²) in [5.41, 5.74) is 12.0. The van der Waals surface area contributed by atoms with Gasteiger partial charge in [0, 0.05) is 19.0 Å². The number of nitrogen functional groups attached to an aromatic ring is 1. The van der Waals surface area contributed by atoms with Crippen molar-refractivity contribution in [3.8, 4) is 22.5 Å². The second kappa shape index (κ2) is 7.66. The zero-order chi connectivity index (χ0) is 19.6. The van der Waals surface area contributed by atoms with Crippen LogP contribution < -0.4 is 5.73 Å². The average molecular weight is 386 g/mol. The zero-order valence-electron chi connectivity index (χ0n) is 16.0. The lowest BCUT2D eigenvalue weighted by molar-refractivity contribution is 0.0318. The van der Waals surface area contributed by atoms with E-state index in [2.05, 4.69) is 40.3 Å². The van der Waals surface area contributed by atoms with E-state index < -0.39 is 0 Å². The Bertz CT molecular complexity index is 1130. The maximum atomic E-state index is 6.39. The van der Waals surface area contributed by atoms with Gasteiger partial charge in [-0.2, -0.15) is 0 Å². The molecule has 1 aliphatic rings. The van der Waals surface area contributed by atoms with Crippen molar-refractivity contribution in [2.75, 3.05) is 18.9 Å². The van der Waals surface area contributed by atoms with E-state index in [4.69, 9.17) is 15.2 Å². The zero-order valence-corrected chi connectivity index (χ0v) is 16.0. The molecular formula is C23H22N4O2. The first-order valence-corrected chi connectivity index (χ1v) is 9.75. The molecule has 1 aromatic carbocycles. The summed E-state index contributed by atoms with van der Waals surface area (Å²) in [5, 5.41) is 0. The van der Waals surface area contributed by atoms with Crippen LogP contribution in [0.5, 0.6) is 0 Å². The third kappa shape index (κ3) is 3.60. The fourth-order valence-corrected chi connectivity index (χ4v) is 3.62. The average Bonchev–Trinajstić information content (AvgIpc) is 3.41. The van der Waals surface area contributed by atoms with Gasteiger partial charge in [0.1, 0.15) is 17.2 Å². The van der Waals surface area contributed by atoms with Gasteiger partial charge in [0.25, 0.3) is 0 Å². The topological polar surface area (TPSA) is 74.7 Å². The van der Waals surface area contributed by atoms with Crippen molar-refractivity contribution in [2.45, 2.75) is 19.1 Å². The molecule has 3 aromatic heterocycles. The van der Waals surface area contributed by atoms with E-state index in [9.17, 15) is 0 Å². The molecule has 1 saturated heterocycles. The Balaban J connectivity index is 1.44. The molecule has 146 valence electrons. The van der Waals surface area contributed by atoms with Crippen molar-refractivity contribution in [3.05, 3.63) is 72.6 Å². The van der Waals surface area contributed by atoms with Gasteiger partial charge in [-0.05, 0) is 53.4 Å². The van der Waals surface area contributed by atoms with Crippen LogP contribution in [0.4, 0.5) is 5.82 Å². The highest BCUT2D eigenvalue weighted by atomic mass is 16.5. The van der Waals surface area contributed by atoms with Crippen molar-refractivity contribution >= 4 is 11.5 Å². The summed E-state index contributed by atoms with van der Waals surface area (Å²) in [6, 6.07) is 18.2. The SMILES string of the molecule is Nc1c(-c2ccccn2)nc2ccc(-c3cccc(COC4CCOC4)c3)cn12. The number of benzene rings is 1. The fraction of sp³-hybridized carbons (Fsp3) is 0.217. The molecule has 2 N–H and O–H groups in total. The van der Waals surface area contributed by atoms with Crippen LogP contribution in [0.3, 0.4) is 0 Å². The number of pyridine rings is 2. The molecule has 1 atom stereocenters. The minimum Gasteiger partial charge on any atom is -0.383 e. The van der Waals surface area contributed by atoms with E-state index in [1.165, 1.54) is 0 Å². The minimum absolute atomic E-state index is 0.200. The third-order valence-corrected chi connectivity index (χ3v) is 5.20. The molecular weight excluding hydrogens is 364 g/mol. The third-order valence-electron chi connectivity index (χ3n) is 5.20. The Kier molecular flexibility index (Phi) is 4.71. The van der Waals surface area contributed by atoms with Crippen LogP contribution in [-0.4, -0.2) is 33.7 Å². The summed E-state index contributed by atoms with van der Waals surface area (Å²) >= 11 is 0. The molecule has 0 amide bonds. The number of rotatable bonds is 5. The van der Waals surface area contributed by atoms with Crippen LogP contribution in [0.25, 0.3) is 28.2 Å². The molecule has 29 heavy (non-hydrogen) atoms. The number of nitrogens with two attached hydrogens (primary N) is 1. The number of imidazole rings is 1. The first-order chi connectivity index (χ1) is 14.3. The molecule has 6 heteroatoms. The highest BCUT2D eigenvalue weighted by molar-refractivity contribution is 5.74. The Morgan fingerprint density at radius 1 is 1.10 bits per heavy atom. The maximum Gasteiger partial charge on any atom is 0.139 e. The molecule has 0 saturated carbocycles. The van der Waals surface area contributed by atoms with Gasteiger partial charge in [-0.15, -0.1) is 0 Å². The molecule has 4 heterocycles. The van der Waals surface area contributed by atoms with E-state index in [-0.39, 0.29) is 6.10 Å². The van der Waals surface area contributed by atoms with Gasteiger partial charge < -0.3 is 15.2 Å². The van der Waals surface area contributed by atoms with Crippen LogP contribution >= 0.6 is 0 Å². The first-order valence-electron chi connectivity index (χ1n) is 9.75. The highest BCUT2D eigenvalue weighted by Gasteiger charge is 2.16. The van der Waals surface area contributed by atoms with Gasteiger partial charge >= 0.3 is 0 Å². The van der Waals surface area contributed by atoms with Crippen LogP contribution in [0.2, 0.25) is 0 Å². The monoisotopic (exact) mass is 386 g/mol. The van der Waals surface area contributed by atoms with Gasteiger partial charge in [-0.1, -0.05) is 24.3 Å². The summed E-state index contributed by atoms with van der Waals surface area (Å²) < 4.78 is 13.2. The molecule has 6 nitrogen and oxygen atoms in total. The Morgan fingerprint density at radius 3 is 2.90 bits per heavy atom. The smallest absolute Gasteiger partial charge is 0.139 e. The van der Waals surface area contributed by atoms with E-state index >= 15 is 0 Å². The maximum absolute atomic E-state index is 6.39. The summed E-state index contributed by atoms with van der Waals surface area (Å²) in [6.45, 7) is 2.06. The Hall–Kier alpha value is -3.22. The summed E-state index contributed by atoms with van der Waals surface area (Å²) in [7, 11) is 0. The van der Waals surface area contributed by atoms with Crippen molar-refractivity contribution in [2.24, 2.45) is 0 Å². The first kappa shape index (κ1) is 17.8. The standard InChI is InChI=1S/C23H22N4O2/c24-23-22(20-6-1-2-10-25-20)26-21-8-7-18(13-27(21)23)17-5-3-4-16(12-17)14-29-19-9-11-28-15-19/h1-8,10,12-13,19H,9,11,14-15,24H2. The van der Waals surface area contributed by atoms with Gasteiger partial charge in [0.2, 0.25) is 0 Å². The fourth-order valence-electron chi connectivity index (χ4n) is 3.62. The van der Waals surface area contributed by atoms with Crippen molar-refractivity contribution in [1.29, 1.82) is 0 Å². The highest BCUT2D eigenvalue weighted by Crippen LogP contribution is 2.28. The van der Waals surface area contributed by atoms with Gasteiger partial charge in [-0.3, -0.25) is 9.38 Å². The van der Waals surface area contributed by atoms with Crippen LogP contribution in [-0.2, 0) is 16.1 Å². The predicted octanol–water partition coefficient (Wildman–Crippen LogP) is 3.95. The molecule has 4 aromatic rings. The lowest BCUT2D eigenvalue weighted by Crippen LogP contribution is -2.11. The van der Waals surface area contributed by atoms with E-state index in [0.29, 0.717) is 24.7 Å². The molecule has 1 aliphatic heterocycles. The van der Waals surface area contributed by atoms with E-state index in [1.807, 2.05) is 34.9 Å². The Morgan fingerprint density at radius 2 is 2.07 bits per heavy atom. The lowest BCUT2D eigenvalue weighted by Gasteiger charge is -2.11. The number of aromatic nitrogens is 3. The summed E-state index contributed by atoms with van der Waals surface area (Å²) in [4.78, 5) is 9.02. The minimum atomic E-state index is 0.200. The Labute approximate surface area is 168 Å². The van der Waals surface area contributed by atoms with Crippen LogP contribution in [0.1, 0.15) is 12.0 Å². The number of anilines is 1. The van der Waals surface area contributed by atoms with Crippen molar-refractivity contribution < 1.29 is 9.47 Å². The molecule has 1 unspecified atom stereocenters. The van der Waals surface area contributed by atoms with Crippen molar-refractivity contribution in [1.82, 2.24) is 14.4 Å². The number of hydrogen-bond donors (Lipinski definition) is 1. The molecule has 1 fully saturated rings. The summed E-state index contributed by atoms with van der Waals surface area (Å²) in [6.07, 6.45) is 4.94. The number of fused-ring (bicyclic) bond motifs is 1. The second-order valence-electron chi connectivity index (χ2n) is 7.20. The predicted molar refractivity (Wildman–Crippen MR) is 112 cm³/mol. The van der Waals surface area contributed by atoms with Gasteiger partial charge in [0.15, 0.2) is 0 Å². The number of nitrogens with zero attached hydrogens (tertiary/aromatic N) is 3. The molecule has 0 spiro atoms. The second-order valence-corrected chi connectivity index (χ2v) is 7.20. The van der Waals surface area contributed by atoms with Crippen molar-refractivity contribution in [3.63, 3.8) is 0 Å². The van der Waals surface area contributed by atoms with E-state index in [0.717, 1.165) is 41.1 Å².